The van der Waals surface area contributed by atoms with Gasteiger partial charge < -0.3 is 10.1 Å². The summed E-state index contributed by atoms with van der Waals surface area (Å²) >= 11 is 0. The molecule has 1 aromatic heterocycles. The zero-order valence-corrected chi connectivity index (χ0v) is 14.1. The second-order valence-corrected chi connectivity index (χ2v) is 6.28. The van der Waals surface area contributed by atoms with Gasteiger partial charge in [0.25, 0.3) is 5.91 Å². The third kappa shape index (κ3) is 4.60. The van der Waals surface area contributed by atoms with Crippen molar-refractivity contribution in [3.8, 4) is 11.1 Å². The van der Waals surface area contributed by atoms with Gasteiger partial charge >= 0.3 is 6.18 Å². The molecular weight excluding hydrogens is 345 g/mol. The van der Waals surface area contributed by atoms with Crippen LogP contribution in [0, 0.1) is 5.92 Å². The standard InChI is InChI=1S/C19H19F3N2O2/c20-19(21,22)17-6-5-16(11-24-17)14-1-3-15(4-2-14)18(25)23-9-7-13-8-10-26-12-13/h1-6,11,13H,7-10,12H2,(H,23,25). The van der Waals surface area contributed by atoms with E-state index in [1.165, 1.54) is 12.3 Å². The molecule has 7 heteroatoms. The normalized spacial score (nSPS) is 17.3. The van der Waals surface area contributed by atoms with Crippen LogP contribution < -0.4 is 5.32 Å². The molecule has 0 saturated carbocycles. The van der Waals surface area contributed by atoms with Crippen LogP contribution in [0.2, 0.25) is 0 Å². The predicted octanol–water partition coefficient (Wildman–Crippen LogP) is 3.92. The Bertz CT molecular complexity index is 737. The van der Waals surface area contributed by atoms with Crippen LogP contribution in [-0.4, -0.2) is 30.6 Å². The molecule has 1 N–H and O–H groups in total. The SMILES string of the molecule is O=C(NCCC1CCOC1)c1ccc(-c2ccc(C(F)(F)F)nc2)cc1. The minimum atomic E-state index is -4.45. The molecule has 2 aromatic rings. The molecule has 1 fully saturated rings. The molecular formula is C19H19F3N2O2. The Labute approximate surface area is 149 Å². The summed E-state index contributed by atoms with van der Waals surface area (Å²) in [5.41, 5.74) is 0.846. The number of hydrogen-bond donors (Lipinski definition) is 1. The van der Waals surface area contributed by atoms with E-state index >= 15 is 0 Å². The fourth-order valence-electron chi connectivity index (χ4n) is 2.85. The topological polar surface area (TPSA) is 51.2 Å². The number of alkyl halides is 3. The average molecular weight is 364 g/mol. The van der Waals surface area contributed by atoms with Crippen LogP contribution in [0.3, 0.4) is 0 Å². The summed E-state index contributed by atoms with van der Waals surface area (Å²) in [4.78, 5) is 15.6. The Morgan fingerprint density at radius 3 is 2.46 bits per heavy atom. The highest BCUT2D eigenvalue weighted by molar-refractivity contribution is 5.94. The number of carbonyl (C=O) groups excluding carboxylic acids is 1. The highest BCUT2D eigenvalue weighted by Gasteiger charge is 2.32. The lowest BCUT2D eigenvalue weighted by Gasteiger charge is -2.10. The molecule has 4 nitrogen and oxygen atoms in total. The van der Waals surface area contributed by atoms with Crippen LogP contribution in [0.25, 0.3) is 11.1 Å². The summed E-state index contributed by atoms with van der Waals surface area (Å²) in [5.74, 6) is 0.339. The van der Waals surface area contributed by atoms with Crippen molar-refractivity contribution in [1.82, 2.24) is 10.3 Å². The van der Waals surface area contributed by atoms with Crippen molar-refractivity contribution in [2.45, 2.75) is 19.0 Å². The Hall–Kier alpha value is -2.41. The first kappa shape index (κ1) is 18.4. The summed E-state index contributed by atoms with van der Waals surface area (Å²) in [5, 5.41) is 2.88. The van der Waals surface area contributed by atoms with Gasteiger partial charge in [-0.25, -0.2) is 0 Å². The molecule has 2 heterocycles. The number of hydrogen-bond acceptors (Lipinski definition) is 3. The van der Waals surface area contributed by atoms with Gasteiger partial charge in [-0.05, 0) is 42.5 Å². The number of halogens is 3. The van der Waals surface area contributed by atoms with Crippen LogP contribution in [0.15, 0.2) is 42.6 Å². The van der Waals surface area contributed by atoms with Crippen molar-refractivity contribution in [2.75, 3.05) is 19.8 Å². The van der Waals surface area contributed by atoms with E-state index in [9.17, 15) is 18.0 Å². The zero-order valence-electron chi connectivity index (χ0n) is 14.1. The summed E-state index contributed by atoms with van der Waals surface area (Å²) in [6, 6.07) is 9.02. The number of rotatable bonds is 5. The molecule has 1 aliphatic heterocycles. The van der Waals surface area contributed by atoms with Crippen molar-refractivity contribution in [1.29, 1.82) is 0 Å². The Morgan fingerprint density at radius 2 is 1.88 bits per heavy atom. The van der Waals surface area contributed by atoms with E-state index < -0.39 is 11.9 Å². The van der Waals surface area contributed by atoms with Crippen LogP contribution in [0.4, 0.5) is 13.2 Å². The van der Waals surface area contributed by atoms with Gasteiger partial charge in [0.05, 0.1) is 0 Å². The smallest absolute Gasteiger partial charge is 0.381 e. The monoisotopic (exact) mass is 364 g/mol. The van der Waals surface area contributed by atoms with E-state index in [0.29, 0.717) is 29.2 Å². The van der Waals surface area contributed by atoms with E-state index in [0.717, 1.165) is 32.1 Å². The van der Waals surface area contributed by atoms with Crippen LogP contribution >= 0.6 is 0 Å². The Balaban J connectivity index is 1.58. The van der Waals surface area contributed by atoms with Gasteiger partial charge in [-0.15, -0.1) is 0 Å². The zero-order chi connectivity index (χ0) is 18.6. The highest BCUT2D eigenvalue weighted by Crippen LogP contribution is 2.29. The number of amides is 1. The fourth-order valence-corrected chi connectivity index (χ4v) is 2.85. The number of pyridine rings is 1. The molecule has 1 unspecified atom stereocenters. The number of aromatic nitrogens is 1. The number of benzene rings is 1. The highest BCUT2D eigenvalue weighted by atomic mass is 19.4. The van der Waals surface area contributed by atoms with Crippen LogP contribution in [-0.2, 0) is 10.9 Å². The van der Waals surface area contributed by atoms with E-state index in [1.54, 1.807) is 24.3 Å². The second kappa shape index (κ2) is 7.86. The van der Waals surface area contributed by atoms with Gasteiger partial charge in [-0.2, -0.15) is 13.2 Å². The predicted molar refractivity (Wildman–Crippen MR) is 90.6 cm³/mol. The summed E-state index contributed by atoms with van der Waals surface area (Å²) < 4.78 is 43.0. The molecule has 0 spiro atoms. The summed E-state index contributed by atoms with van der Waals surface area (Å²) in [7, 11) is 0. The lowest BCUT2D eigenvalue weighted by Crippen LogP contribution is -2.26. The molecule has 138 valence electrons. The first-order valence-corrected chi connectivity index (χ1v) is 8.43. The van der Waals surface area contributed by atoms with Crippen LogP contribution in [0.1, 0.15) is 28.9 Å². The Kier molecular flexibility index (Phi) is 5.56. The lowest BCUT2D eigenvalue weighted by molar-refractivity contribution is -0.141. The van der Waals surface area contributed by atoms with E-state index in [4.69, 9.17) is 4.74 Å². The van der Waals surface area contributed by atoms with Crippen molar-refractivity contribution >= 4 is 5.91 Å². The third-order valence-corrected chi connectivity index (χ3v) is 4.40. The third-order valence-electron chi connectivity index (χ3n) is 4.40. The van der Waals surface area contributed by atoms with Gasteiger partial charge in [-0.1, -0.05) is 18.2 Å². The maximum Gasteiger partial charge on any atom is 0.433 e. The van der Waals surface area contributed by atoms with Crippen molar-refractivity contribution in [2.24, 2.45) is 5.92 Å². The lowest BCUT2D eigenvalue weighted by atomic mass is 10.0. The first-order valence-electron chi connectivity index (χ1n) is 8.43. The molecule has 1 aliphatic rings. The van der Waals surface area contributed by atoms with Crippen LogP contribution in [0.5, 0.6) is 0 Å². The van der Waals surface area contributed by atoms with Crippen molar-refractivity contribution in [3.05, 3.63) is 53.9 Å². The number of nitrogens with zero attached hydrogens (tertiary/aromatic N) is 1. The molecule has 26 heavy (non-hydrogen) atoms. The maximum absolute atomic E-state index is 12.6. The molecule has 1 saturated heterocycles. The first-order chi connectivity index (χ1) is 12.4. The van der Waals surface area contributed by atoms with E-state index in [-0.39, 0.29) is 5.91 Å². The minimum Gasteiger partial charge on any atom is -0.381 e. The quantitative estimate of drug-likeness (QED) is 0.875. The van der Waals surface area contributed by atoms with Gasteiger partial charge in [0.2, 0.25) is 0 Å². The van der Waals surface area contributed by atoms with Gasteiger partial charge in [0.1, 0.15) is 5.69 Å². The molecule has 1 amide bonds. The molecule has 3 rings (SSSR count). The fraction of sp³-hybridized carbons (Fsp3) is 0.368. The van der Waals surface area contributed by atoms with Gasteiger partial charge in [0.15, 0.2) is 0 Å². The molecule has 1 aromatic carbocycles. The van der Waals surface area contributed by atoms with Crippen molar-refractivity contribution in [3.63, 3.8) is 0 Å². The maximum atomic E-state index is 12.6. The number of carbonyl (C=O) groups is 1. The number of ether oxygens (including phenoxy) is 1. The van der Waals surface area contributed by atoms with Gasteiger partial charge in [0, 0.05) is 37.1 Å². The van der Waals surface area contributed by atoms with E-state index in [1.807, 2.05) is 0 Å². The molecule has 0 aliphatic carbocycles. The summed E-state index contributed by atoms with van der Waals surface area (Å²) in [6.45, 7) is 2.14. The molecule has 0 radical (unpaired) electrons. The van der Waals surface area contributed by atoms with E-state index in [2.05, 4.69) is 10.3 Å². The minimum absolute atomic E-state index is 0.166. The van der Waals surface area contributed by atoms with Crippen molar-refractivity contribution < 1.29 is 22.7 Å². The molecule has 1 atom stereocenters. The largest absolute Gasteiger partial charge is 0.433 e. The number of nitrogens with one attached hydrogen (secondary N) is 1. The second-order valence-electron chi connectivity index (χ2n) is 6.28. The molecule has 0 bridgehead atoms. The van der Waals surface area contributed by atoms with Gasteiger partial charge in [-0.3, -0.25) is 9.78 Å². The average Bonchev–Trinajstić information content (AvgIpc) is 3.15. The Morgan fingerprint density at radius 1 is 1.15 bits per heavy atom. The summed E-state index contributed by atoms with van der Waals surface area (Å²) in [6.07, 6.45) is -1.35.